The first-order chi connectivity index (χ1) is 12.2. The molecule has 0 atom stereocenters. The third kappa shape index (κ3) is 4.48. The zero-order valence-electron chi connectivity index (χ0n) is 13.8. The first kappa shape index (κ1) is 17.7. The van der Waals surface area contributed by atoms with E-state index in [9.17, 15) is 5.26 Å². The molecule has 0 amide bonds. The van der Waals surface area contributed by atoms with Crippen molar-refractivity contribution in [2.75, 3.05) is 5.32 Å². The van der Waals surface area contributed by atoms with Crippen LogP contribution in [0.4, 0.5) is 5.69 Å². The van der Waals surface area contributed by atoms with Crippen molar-refractivity contribution in [3.63, 3.8) is 0 Å². The van der Waals surface area contributed by atoms with Gasteiger partial charge in [-0.3, -0.25) is 0 Å². The molecule has 0 radical (unpaired) electrons. The van der Waals surface area contributed by atoms with Crippen LogP contribution < -0.4 is 5.32 Å². The minimum Gasteiger partial charge on any atom is -0.361 e. The Hall–Kier alpha value is -2.14. The number of rotatable bonds is 6. The number of para-hydroxylation sites is 1. The van der Waals surface area contributed by atoms with Crippen LogP contribution in [-0.4, -0.2) is 9.36 Å². The van der Waals surface area contributed by atoms with E-state index < -0.39 is 0 Å². The number of benzene rings is 1. The third-order valence-corrected chi connectivity index (χ3v) is 6.20. The van der Waals surface area contributed by atoms with Crippen molar-refractivity contribution in [1.29, 1.82) is 5.26 Å². The number of hydrogen-bond acceptors (Lipinski definition) is 7. The van der Waals surface area contributed by atoms with Gasteiger partial charge in [0, 0.05) is 23.0 Å². The Balaban J connectivity index is 1.68. The summed E-state index contributed by atoms with van der Waals surface area (Å²) in [5, 5.41) is 16.6. The molecular formula is C18H16N4S3. The average Bonchev–Trinajstić information content (AvgIpc) is 3.20. The molecule has 0 saturated heterocycles. The summed E-state index contributed by atoms with van der Waals surface area (Å²) in [4.78, 5) is 5.31. The van der Waals surface area contributed by atoms with E-state index in [0.717, 1.165) is 32.0 Å². The van der Waals surface area contributed by atoms with E-state index in [2.05, 4.69) is 33.7 Å². The molecule has 2 aromatic heterocycles. The van der Waals surface area contributed by atoms with Crippen LogP contribution in [-0.2, 0) is 5.75 Å². The van der Waals surface area contributed by atoms with Gasteiger partial charge in [0.25, 0.3) is 0 Å². The molecule has 0 aliphatic heterocycles. The zero-order chi connectivity index (χ0) is 17.6. The number of thiazole rings is 1. The summed E-state index contributed by atoms with van der Waals surface area (Å²) in [6, 6.07) is 10.4. The number of aryl methyl sites for hydroxylation is 2. The fourth-order valence-electron chi connectivity index (χ4n) is 2.16. The SMILES string of the molecule is Cc1nc(CSc2nsc(/C=C\Nc3ccccc3C)c2C#N)cs1. The molecule has 0 saturated carbocycles. The Bertz CT molecular complexity index is 934. The zero-order valence-corrected chi connectivity index (χ0v) is 16.3. The molecule has 0 aliphatic carbocycles. The summed E-state index contributed by atoms with van der Waals surface area (Å²) in [7, 11) is 0. The maximum atomic E-state index is 9.49. The monoisotopic (exact) mass is 384 g/mol. The van der Waals surface area contributed by atoms with Gasteiger partial charge < -0.3 is 5.32 Å². The predicted octanol–water partition coefficient (Wildman–Crippen LogP) is 5.46. The van der Waals surface area contributed by atoms with Crippen LogP contribution in [0.25, 0.3) is 6.08 Å². The number of nitrogens with one attached hydrogen (secondary N) is 1. The number of nitriles is 1. The van der Waals surface area contributed by atoms with E-state index >= 15 is 0 Å². The fourth-order valence-corrected chi connectivity index (χ4v) is 4.63. The lowest BCUT2D eigenvalue weighted by molar-refractivity contribution is 1.17. The predicted molar refractivity (Wildman–Crippen MR) is 107 cm³/mol. The van der Waals surface area contributed by atoms with Gasteiger partial charge in [0.15, 0.2) is 0 Å². The van der Waals surface area contributed by atoms with E-state index in [1.807, 2.05) is 42.8 Å². The van der Waals surface area contributed by atoms with Gasteiger partial charge in [0.2, 0.25) is 0 Å². The minimum atomic E-state index is 0.629. The van der Waals surface area contributed by atoms with Crippen molar-refractivity contribution in [3.05, 3.63) is 62.6 Å². The van der Waals surface area contributed by atoms with Gasteiger partial charge in [-0.25, -0.2) is 4.98 Å². The highest BCUT2D eigenvalue weighted by Gasteiger charge is 2.13. The third-order valence-electron chi connectivity index (χ3n) is 3.44. The molecule has 7 heteroatoms. The smallest absolute Gasteiger partial charge is 0.129 e. The normalized spacial score (nSPS) is 10.9. The number of anilines is 1. The molecular weight excluding hydrogens is 368 g/mol. The molecule has 3 rings (SSSR count). The summed E-state index contributed by atoms with van der Waals surface area (Å²) < 4.78 is 4.43. The lowest BCUT2D eigenvalue weighted by atomic mass is 10.2. The Morgan fingerprint density at radius 3 is 2.88 bits per heavy atom. The van der Waals surface area contributed by atoms with Gasteiger partial charge in [0.05, 0.1) is 15.6 Å². The van der Waals surface area contributed by atoms with Crippen LogP contribution in [0.2, 0.25) is 0 Å². The standard InChI is InChI=1S/C18H16N4S3/c1-12-5-3-4-6-16(12)20-8-7-17-15(9-19)18(22-25-17)24-11-14-10-23-13(2)21-14/h3-8,10,20H,11H2,1-2H3/b8-7-. The van der Waals surface area contributed by atoms with E-state index in [4.69, 9.17) is 0 Å². The number of nitrogens with zero attached hydrogens (tertiary/aromatic N) is 3. The van der Waals surface area contributed by atoms with Gasteiger partial charge in [0.1, 0.15) is 16.7 Å². The molecule has 1 aromatic carbocycles. The summed E-state index contributed by atoms with van der Waals surface area (Å²) in [6.07, 6.45) is 3.76. The van der Waals surface area contributed by atoms with Crippen molar-refractivity contribution in [2.24, 2.45) is 0 Å². The molecule has 0 fully saturated rings. The van der Waals surface area contributed by atoms with Gasteiger partial charge in [-0.05, 0) is 43.1 Å². The number of hydrogen-bond donors (Lipinski definition) is 1. The van der Waals surface area contributed by atoms with Crippen molar-refractivity contribution >= 4 is 46.4 Å². The molecule has 25 heavy (non-hydrogen) atoms. The first-order valence-electron chi connectivity index (χ1n) is 7.59. The van der Waals surface area contributed by atoms with Crippen LogP contribution in [0, 0.1) is 25.2 Å². The van der Waals surface area contributed by atoms with Gasteiger partial charge >= 0.3 is 0 Å². The summed E-state index contributed by atoms with van der Waals surface area (Å²) >= 11 is 4.54. The van der Waals surface area contributed by atoms with Gasteiger partial charge in [-0.2, -0.15) is 9.64 Å². The van der Waals surface area contributed by atoms with E-state index in [-0.39, 0.29) is 0 Å². The summed E-state index contributed by atoms with van der Waals surface area (Å²) in [5.74, 6) is 0.730. The van der Waals surface area contributed by atoms with Crippen molar-refractivity contribution in [2.45, 2.75) is 24.6 Å². The minimum absolute atomic E-state index is 0.629. The second-order valence-electron chi connectivity index (χ2n) is 5.28. The molecule has 0 unspecified atom stereocenters. The van der Waals surface area contributed by atoms with Crippen molar-refractivity contribution in [3.8, 4) is 6.07 Å². The lowest BCUT2D eigenvalue weighted by Crippen LogP contribution is -1.89. The maximum Gasteiger partial charge on any atom is 0.129 e. The average molecular weight is 385 g/mol. The van der Waals surface area contributed by atoms with E-state index in [0.29, 0.717) is 5.56 Å². The Morgan fingerprint density at radius 2 is 2.16 bits per heavy atom. The van der Waals surface area contributed by atoms with Gasteiger partial charge in [-0.15, -0.1) is 11.3 Å². The molecule has 126 valence electrons. The highest BCUT2D eigenvalue weighted by Crippen LogP contribution is 2.30. The van der Waals surface area contributed by atoms with E-state index in [1.165, 1.54) is 17.1 Å². The molecule has 4 nitrogen and oxygen atoms in total. The van der Waals surface area contributed by atoms with Crippen molar-refractivity contribution in [1.82, 2.24) is 9.36 Å². The van der Waals surface area contributed by atoms with E-state index in [1.54, 1.807) is 23.1 Å². The molecule has 2 heterocycles. The van der Waals surface area contributed by atoms with Crippen LogP contribution in [0.1, 0.15) is 26.7 Å². The highest BCUT2D eigenvalue weighted by atomic mass is 32.2. The molecule has 1 N–H and O–H groups in total. The lowest BCUT2D eigenvalue weighted by Gasteiger charge is -2.03. The number of aromatic nitrogens is 2. The Morgan fingerprint density at radius 1 is 1.32 bits per heavy atom. The molecule has 0 spiro atoms. The van der Waals surface area contributed by atoms with Crippen molar-refractivity contribution < 1.29 is 0 Å². The molecule has 0 bridgehead atoms. The van der Waals surface area contributed by atoms with Crippen LogP contribution in [0.15, 0.2) is 40.9 Å². The second-order valence-corrected chi connectivity index (χ2v) is 8.11. The second kappa shape index (κ2) is 8.30. The quantitative estimate of drug-likeness (QED) is 0.572. The fraction of sp³-hybridized carbons (Fsp3) is 0.167. The highest BCUT2D eigenvalue weighted by molar-refractivity contribution is 7.98. The summed E-state index contributed by atoms with van der Waals surface area (Å²) in [5.41, 5.74) is 3.88. The molecule has 0 aliphatic rings. The van der Waals surface area contributed by atoms with Crippen LogP contribution >= 0.6 is 34.6 Å². The topological polar surface area (TPSA) is 61.6 Å². The largest absolute Gasteiger partial charge is 0.361 e. The maximum absolute atomic E-state index is 9.49. The Labute approximate surface area is 159 Å². The number of thioether (sulfide) groups is 1. The van der Waals surface area contributed by atoms with Crippen LogP contribution in [0.5, 0.6) is 0 Å². The first-order valence-corrected chi connectivity index (χ1v) is 10.2. The molecule has 3 aromatic rings. The van der Waals surface area contributed by atoms with Crippen LogP contribution in [0.3, 0.4) is 0 Å². The Kier molecular flexibility index (Phi) is 5.87. The summed E-state index contributed by atoms with van der Waals surface area (Å²) in [6.45, 7) is 4.05. The van der Waals surface area contributed by atoms with Gasteiger partial charge in [-0.1, -0.05) is 30.0 Å².